The van der Waals surface area contributed by atoms with Gasteiger partial charge in [-0.25, -0.2) is 0 Å². The molecule has 1 saturated carbocycles. The summed E-state index contributed by atoms with van der Waals surface area (Å²) in [7, 11) is 0. The third-order valence-electron chi connectivity index (χ3n) is 4.98. The molecule has 0 radical (unpaired) electrons. The van der Waals surface area contributed by atoms with Crippen molar-refractivity contribution in [2.75, 3.05) is 19.8 Å². The standard InChI is InChI=1S/C16H31NO2/c1-16(2,3)13-7-6-12(10-17)15(9-13)19-11-14-5-4-8-18-14/h12-15H,4-11,17H2,1-3H3. The summed E-state index contributed by atoms with van der Waals surface area (Å²) in [5, 5.41) is 0. The third-order valence-corrected chi connectivity index (χ3v) is 4.98. The first-order chi connectivity index (χ1) is 9.00. The van der Waals surface area contributed by atoms with E-state index >= 15 is 0 Å². The zero-order chi connectivity index (χ0) is 13.9. The summed E-state index contributed by atoms with van der Waals surface area (Å²) >= 11 is 0. The minimum atomic E-state index is 0.327. The Bertz CT molecular complexity index is 268. The lowest BCUT2D eigenvalue weighted by Crippen LogP contribution is -2.40. The second-order valence-corrected chi connectivity index (χ2v) is 7.38. The molecule has 1 aliphatic heterocycles. The average molecular weight is 269 g/mol. The first kappa shape index (κ1) is 15.3. The van der Waals surface area contributed by atoms with Gasteiger partial charge in [0.15, 0.2) is 0 Å². The molecule has 0 aromatic rings. The van der Waals surface area contributed by atoms with Crippen LogP contribution in [0.3, 0.4) is 0 Å². The van der Waals surface area contributed by atoms with Gasteiger partial charge in [0.25, 0.3) is 0 Å². The van der Waals surface area contributed by atoms with Gasteiger partial charge < -0.3 is 15.2 Å². The Labute approximate surface area is 118 Å². The first-order valence-electron chi connectivity index (χ1n) is 7.94. The van der Waals surface area contributed by atoms with Crippen molar-refractivity contribution < 1.29 is 9.47 Å². The predicted molar refractivity (Wildman–Crippen MR) is 78.1 cm³/mol. The SMILES string of the molecule is CC(C)(C)C1CCC(CN)C(OCC2CCCO2)C1. The summed E-state index contributed by atoms with van der Waals surface area (Å²) in [5.41, 5.74) is 6.30. The van der Waals surface area contributed by atoms with Gasteiger partial charge in [0.1, 0.15) is 0 Å². The quantitative estimate of drug-likeness (QED) is 0.853. The van der Waals surface area contributed by atoms with E-state index in [1.165, 1.54) is 19.3 Å². The van der Waals surface area contributed by atoms with Gasteiger partial charge >= 0.3 is 0 Å². The molecular formula is C16H31NO2. The molecule has 2 fully saturated rings. The van der Waals surface area contributed by atoms with Gasteiger partial charge in [-0.05, 0) is 55.9 Å². The molecule has 4 atom stereocenters. The minimum Gasteiger partial charge on any atom is -0.376 e. The topological polar surface area (TPSA) is 44.5 Å². The second-order valence-electron chi connectivity index (χ2n) is 7.38. The number of nitrogens with two attached hydrogens (primary N) is 1. The van der Waals surface area contributed by atoms with Gasteiger partial charge in [-0.15, -0.1) is 0 Å². The van der Waals surface area contributed by atoms with Gasteiger partial charge in [0.2, 0.25) is 0 Å². The fraction of sp³-hybridized carbons (Fsp3) is 1.00. The molecule has 0 amide bonds. The minimum absolute atomic E-state index is 0.327. The van der Waals surface area contributed by atoms with Crippen molar-refractivity contribution in [1.29, 1.82) is 0 Å². The van der Waals surface area contributed by atoms with E-state index in [4.69, 9.17) is 15.2 Å². The summed E-state index contributed by atoms with van der Waals surface area (Å²) < 4.78 is 11.8. The maximum Gasteiger partial charge on any atom is 0.0809 e. The Balaban J connectivity index is 1.86. The average Bonchev–Trinajstić information content (AvgIpc) is 2.88. The number of rotatable bonds is 4. The van der Waals surface area contributed by atoms with Crippen LogP contribution in [0.4, 0.5) is 0 Å². The molecular weight excluding hydrogens is 238 g/mol. The summed E-state index contributed by atoms with van der Waals surface area (Å²) in [4.78, 5) is 0. The monoisotopic (exact) mass is 269 g/mol. The maximum atomic E-state index is 6.19. The summed E-state index contributed by atoms with van der Waals surface area (Å²) in [5.74, 6) is 1.30. The molecule has 0 spiro atoms. The molecule has 2 aliphatic rings. The van der Waals surface area contributed by atoms with Crippen LogP contribution >= 0.6 is 0 Å². The molecule has 112 valence electrons. The van der Waals surface area contributed by atoms with E-state index in [1.54, 1.807) is 0 Å². The van der Waals surface area contributed by atoms with Gasteiger partial charge in [-0.3, -0.25) is 0 Å². The van der Waals surface area contributed by atoms with E-state index in [9.17, 15) is 0 Å². The van der Waals surface area contributed by atoms with Crippen LogP contribution in [0.5, 0.6) is 0 Å². The molecule has 2 rings (SSSR count). The molecule has 4 unspecified atom stereocenters. The number of hydrogen-bond acceptors (Lipinski definition) is 3. The second kappa shape index (κ2) is 6.55. The lowest BCUT2D eigenvalue weighted by atomic mass is 9.68. The van der Waals surface area contributed by atoms with E-state index in [1.807, 2.05) is 0 Å². The largest absolute Gasteiger partial charge is 0.376 e. The van der Waals surface area contributed by atoms with Crippen molar-refractivity contribution in [3.63, 3.8) is 0 Å². The Morgan fingerprint density at radius 2 is 2.00 bits per heavy atom. The van der Waals surface area contributed by atoms with Crippen molar-refractivity contribution in [2.24, 2.45) is 23.0 Å². The molecule has 1 saturated heterocycles. The van der Waals surface area contributed by atoms with Crippen LogP contribution in [0.15, 0.2) is 0 Å². The summed E-state index contributed by atoms with van der Waals surface area (Å²) in [6, 6.07) is 0. The van der Waals surface area contributed by atoms with Crippen molar-refractivity contribution in [3.05, 3.63) is 0 Å². The van der Waals surface area contributed by atoms with Crippen LogP contribution < -0.4 is 5.73 Å². The molecule has 1 aliphatic carbocycles. The fourth-order valence-electron chi connectivity index (χ4n) is 3.46. The summed E-state index contributed by atoms with van der Waals surface area (Å²) in [6.07, 6.45) is 6.69. The Morgan fingerprint density at radius 3 is 2.58 bits per heavy atom. The van der Waals surface area contributed by atoms with Crippen LogP contribution in [-0.2, 0) is 9.47 Å². The summed E-state index contributed by atoms with van der Waals surface area (Å²) in [6.45, 7) is 9.46. The Kier molecular flexibility index (Phi) is 5.27. The van der Waals surface area contributed by atoms with E-state index in [0.29, 0.717) is 23.5 Å². The molecule has 3 heteroatoms. The van der Waals surface area contributed by atoms with Crippen LogP contribution in [0.1, 0.15) is 52.9 Å². The lowest BCUT2D eigenvalue weighted by molar-refractivity contribution is -0.0733. The van der Waals surface area contributed by atoms with Crippen molar-refractivity contribution >= 4 is 0 Å². The highest BCUT2D eigenvalue weighted by atomic mass is 16.5. The molecule has 3 nitrogen and oxygen atoms in total. The molecule has 19 heavy (non-hydrogen) atoms. The zero-order valence-electron chi connectivity index (χ0n) is 12.9. The van der Waals surface area contributed by atoms with Crippen LogP contribution in [0, 0.1) is 17.3 Å². The fourth-order valence-corrected chi connectivity index (χ4v) is 3.46. The Hall–Kier alpha value is -0.120. The maximum absolute atomic E-state index is 6.19. The van der Waals surface area contributed by atoms with E-state index in [0.717, 1.165) is 38.5 Å². The van der Waals surface area contributed by atoms with Gasteiger partial charge in [0, 0.05) is 6.61 Å². The Morgan fingerprint density at radius 1 is 1.21 bits per heavy atom. The molecule has 0 aromatic carbocycles. The van der Waals surface area contributed by atoms with Crippen LogP contribution in [0.2, 0.25) is 0 Å². The number of hydrogen-bond donors (Lipinski definition) is 1. The predicted octanol–water partition coefficient (Wildman–Crippen LogP) is 2.97. The highest BCUT2D eigenvalue weighted by molar-refractivity contribution is 4.87. The zero-order valence-corrected chi connectivity index (χ0v) is 12.9. The number of ether oxygens (including phenoxy) is 2. The van der Waals surface area contributed by atoms with Crippen molar-refractivity contribution in [1.82, 2.24) is 0 Å². The van der Waals surface area contributed by atoms with Crippen LogP contribution in [0.25, 0.3) is 0 Å². The molecule has 0 bridgehead atoms. The smallest absolute Gasteiger partial charge is 0.0809 e. The highest BCUT2D eigenvalue weighted by Crippen LogP contribution is 2.40. The highest BCUT2D eigenvalue weighted by Gasteiger charge is 2.36. The van der Waals surface area contributed by atoms with Crippen molar-refractivity contribution in [2.45, 2.75) is 65.1 Å². The van der Waals surface area contributed by atoms with E-state index in [-0.39, 0.29) is 0 Å². The van der Waals surface area contributed by atoms with Gasteiger partial charge in [0.05, 0.1) is 18.8 Å². The lowest BCUT2D eigenvalue weighted by Gasteiger charge is -2.41. The van der Waals surface area contributed by atoms with E-state index < -0.39 is 0 Å². The van der Waals surface area contributed by atoms with Crippen molar-refractivity contribution in [3.8, 4) is 0 Å². The normalized spacial score (nSPS) is 36.6. The van der Waals surface area contributed by atoms with Gasteiger partial charge in [-0.2, -0.15) is 0 Å². The first-order valence-corrected chi connectivity index (χ1v) is 7.94. The molecule has 2 N–H and O–H groups in total. The van der Waals surface area contributed by atoms with Gasteiger partial charge in [-0.1, -0.05) is 20.8 Å². The van der Waals surface area contributed by atoms with E-state index in [2.05, 4.69) is 20.8 Å². The third kappa shape index (κ3) is 4.17. The van der Waals surface area contributed by atoms with Crippen LogP contribution in [-0.4, -0.2) is 32.0 Å². The molecule has 0 aromatic heterocycles. The molecule has 1 heterocycles.